The summed E-state index contributed by atoms with van der Waals surface area (Å²) in [5.41, 5.74) is 1.97. The van der Waals surface area contributed by atoms with Crippen LogP contribution < -0.4 is 4.90 Å². The molecule has 7 heteroatoms. The zero-order chi connectivity index (χ0) is 22.1. The van der Waals surface area contributed by atoms with Gasteiger partial charge in [0, 0.05) is 28.4 Å². The lowest BCUT2D eigenvalue weighted by atomic mass is 10.1. The maximum absolute atomic E-state index is 13.7. The first-order valence-corrected chi connectivity index (χ1v) is 13.1. The molecule has 1 saturated heterocycles. The summed E-state index contributed by atoms with van der Waals surface area (Å²) in [6.07, 6.45) is 3.85. The summed E-state index contributed by atoms with van der Waals surface area (Å²) in [7, 11) is -3.63. The number of hydrogen-bond donors (Lipinski definition) is 0. The molecule has 164 valence electrons. The van der Waals surface area contributed by atoms with Gasteiger partial charge in [0.15, 0.2) is 0 Å². The van der Waals surface area contributed by atoms with E-state index < -0.39 is 10.0 Å². The highest BCUT2D eigenvalue weighted by Gasteiger charge is 2.30. The van der Waals surface area contributed by atoms with E-state index in [-0.39, 0.29) is 10.8 Å². The van der Waals surface area contributed by atoms with Crippen LogP contribution in [0, 0.1) is 0 Å². The van der Waals surface area contributed by atoms with Gasteiger partial charge in [-0.15, -0.1) is 0 Å². The topological polar surface area (TPSA) is 57.7 Å². The largest absolute Gasteiger partial charge is 0.275 e. The molecule has 2 aliphatic rings. The minimum Gasteiger partial charge on any atom is -0.275 e. The average Bonchev–Trinajstić information content (AvgIpc) is 3.12. The molecule has 0 bridgehead atoms. The Hall–Kier alpha value is -2.61. The molecule has 0 unspecified atom stereocenters. The maximum Gasteiger partial charge on any atom is 0.262 e. The lowest BCUT2D eigenvalue weighted by molar-refractivity contribution is 0.0998. The van der Waals surface area contributed by atoms with Crippen molar-refractivity contribution in [3.63, 3.8) is 0 Å². The summed E-state index contributed by atoms with van der Waals surface area (Å²) in [5.74, 6) is -0.238. The van der Waals surface area contributed by atoms with Crippen LogP contribution in [0.15, 0.2) is 87.5 Å². The van der Waals surface area contributed by atoms with E-state index in [0.29, 0.717) is 18.7 Å². The predicted molar refractivity (Wildman–Crippen MR) is 127 cm³/mol. The van der Waals surface area contributed by atoms with Crippen LogP contribution in [0.1, 0.15) is 36.0 Å². The van der Waals surface area contributed by atoms with Gasteiger partial charge in [0.05, 0.1) is 16.3 Å². The summed E-state index contributed by atoms with van der Waals surface area (Å²) < 4.78 is 28.1. The summed E-state index contributed by atoms with van der Waals surface area (Å²) in [4.78, 5) is 17.6. The van der Waals surface area contributed by atoms with Gasteiger partial charge in [-0.25, -0.2) is 8.42 Å². The number of carbonyl (C=O) groups is 1. The number of benzene rings is 3. The predicted octanol–water partition coefficient (Wildman–Crippen LogP) is 5.69. The van der Waals surface area contributed by atoms with Crippen LogP contribution >= 0.6 is 11.8 Å². The van der Waals surface area contributed by atoms with E-state index in [9.17, 15) is 13.2 Å². The highest BCUT2D eigenvalue weighted by atomic mass is 32.2. The van der Waals surface area contributed by atoms with Crippen LogP contribution in [0.4, 0.5) is 11.4 Å². The Morgan fingerprint density at radius 3 is 1.97 bits per heavy atom. The van der Waals surface area contributed by atoms with Crippen molar-refractivity contribution in [3.8, 4) is 0 Å². The van der Waals surface area contributed by atoms with E-state index in [4.69, 9.17) is 0 Å². The molecule has 5 nitrogen and oxygen atoms in total. The molecule has 0 radical (unpaired) electrons. The first-order valence-electron chi connectivity index (χ1n) is 10.9. The van der Waals surface area contributed by atoms with Crippen LogP contribution in [0.2, 0.25) is 0 Å². The van der Waals surface area contributed by atoms with Crippen LogP contribution in [-0.4, -0.2) is 31.7 Å². The molecule has 2 heterocycles. The Morgan fingerprint density at radius 2 is 1.34 bits per heavy atom. The van der Waals surface area contributed by atoms with Crippen molar-refractivity contribution in [2.24, 2.45) is 0 Å². The van der Waals surface area contributed by atoms with Crippen LogP contribution in [-0.2, 0) is 10.0 Å². The molecule has 2 aliphatic heterocycles. The van der Waals surface area contributed by atoms with Crippen molar-refractivity contribution >= 4 is 39.1 Å². The Bertz CT molecular complexity index is 1220. The Kier molecular flexibility index (Phi) is 5.80. The standard InChI is InChI=1S/C25H24N2O3S2/c28-25(27-21-12-3-5-14-23(21)31-24-15-6-4-13-22(24)27)19-10-9-11-20(18-19)32(29,30)26-16-7-1-2-8-17-26/h3-6,9-15,18H,1-2,7-8,16-17H2. The number of rotatable bonds is 3. The van der Waals surface area contributed by atoms with E-state index in [1.807, 2.05) is 48.5 Å². The Morgan fingerprint density at radius 1 is 0.750 bits per heavy atom. The quantitative estimate of drug-likeness (QED) is 0.499. The van der Waals surface area contributed by atoms with Crippen molar-refractivity contribution < 1.29 is 13.2 Å². The van der Waals surface area contributed by atoms with Gasteiger partial charge in [-0.1, -0.05) is 54.9 Å². The summed E-state index contributed by atoms with van der Waals surface area (Å²) in [6.45, 7) is 1.06. The average molecular weight is 465 g/mol. The second-order valence-corrected chi connectivity index (χ2v) is 11.0. The second-order valence-electron chi connectivity index (χ2n) is 8.02. The first kappa shape index (κ1) is 21.2. The third-order valence-corrected chi connectivity index (χ3v) is 8.94. The summed E-state index contributed by atoms with van der Waals surface area (Å²) in [6, 6.07) is 22.0. The fourth-order valence-electron chi connectivity index (χ4n) is 4.27. The zero-order valence-corrected chi connectivity index (χ0v) is 19.2. The Labute approximate surface area is 193 Å². The number of anilines is 2. The van der Waals surface area contributed by atoms with Gasteiger partial charge in [0.2, 0.25) is 10.0 Å². The van der Waals surface area contributed by atoms with Crippen molar-refractivity contribution in [2.75, 3.05) is 18.0 Å². The van der Waals surface area contributed by atoms with Gasteiger partial charge >= 0.3 is 0 Å². The van der Waals surface area contributed by atoms with E-state index >= 15 is 0 Å². The molecule has 5 rings (SSSR count). The van der Waals surface area contributed by atoms with Crippen molar-refractivity contribution in [2.45, 2.75) is 40.4 Å². The SMILES string of the molecule is O=C(c1cccc(S(=O)(=O)N2CCCCCC2)c1)N1c2ccccc2Sc2ccccc21. The highest BCUT2D eigenvalue weighted by molar-refractivity contribution is 7.99. The van der Waals surface area contributed by atoms with Gasteiger partial charge in [0.1, 0.15) is 0 Å². The monoisotopic (exact) mass is 464 g/mol. The number of carbonyl (C=O) groups excluding carboxylic acids is 1. The minimum atomic E-state index is -3.63. The van der Waals surface area contributed by atoms with Gasteiger partial charge in [-0.3, -0.25) is 9.69 Å². The first-order chi connectivity index (χ1) is 15.6. The normalized spacial score (nSPS) is 16.7. The molecular formula is C25H24N2O3S2. The molecule has 3 aromatic carbocycles. The fourth-order valence-corrected chi connectivity index (χ4v) is 6.89. The molecule has 3 aromatic rings. The molecule has 0 spiro atoms. The minimum absolute atomic E-state index is 0.179. The fraction of sp³-hybridized carbons (Fsp3) is 0.240. The van der Waals surface area contributed by atoms with Crippen molar-refractivity contribution in [1.29, 1.82) is 0 Å². The number of amides is 1. The van der Waals surface area contributed by atoms with E-state index in [0.717, 1.165) is 46.8 Å². The van der Waals surface area contributed by atoms with E-state index in [2.05, 4.69) is 0 Å². The molecule has 0 aromatic heterocycles. The number of hydrogen-bond acceptors (Lipinski definition) is 4. The molecule has 0 atom stereocenters. The molecule has 0 aliphatic carbocycles. The number of sulfonamides is 1. The summed E-state index contributed by atoms with van der Waals surface area (Å²) in [5, 5.41) is 0. The molecule has 0 N–H and O–H groups in total. The van der Waals surface area contributed by atoms with Gasteiger partial charge in [-0.05, 0) is 55.3 Å². The number of nitrogens with zero attached hydrogens (tertiary/aromatic N) is 2. The lowest BCUT2D eigenvalue weighted by Crippen LogP contribution is -2.32. The third-order valence-electron chi connectivity index (χ3n) is 5.92. The van der Waals surface area contributed by atoms with Gasteiger partial charge in [-0.2, -0.15) is 4.31 Å². The third kappa shape index (κ3) is 3.85. The maximum atomic E-state index is 13.7. The van der Waals surface area contributed by atoms with Crippen molar-refractivity contribution in [1.82, 2.24) is 4.31 Å². The molecular weight excluding hydrogens is 440 g/mol. The molecule has 32 heavy (non-hydrogen) atoms. The summed E-state index contributed by atoms with van der Waals surface area (Å²) >= 11 is 1.63. The second kappa shape index (κ2) is 8.73. The molecule has 1 fully saturated rings. The highest BCUT2D eigenvalue weighted by Crippen LogP contribution is 2.48. The molecule has 1 amide bonds. The van der Waals surface area contributed by atoms with E-state index in [1.54, 1.807) is 39.2 Å². The smallest absolute Gasteiger partial charge is 0.262 e. The number of fused-ring (bicyclic) bond motifs is 2. The number of para-hydroxylation sites is 2. The van der Waals surface area contributed by atoms with Gasteiger partial charge < -0.3 is 0 Å². The van der Waals surface area contributed by atoms with Crippen LogP contribution in [0.5, 0.6) is 0 Å². The van der Waals surface area contributed by atoms with E-state index in [1.165, 1.54) is 6.07 Å². The van der Waals surface area contributed by atoms with Gasteiger partial charge in [0.25, 0.3) is 5.91 Å². The zero-order valence-electron chi connectivity index (χ0n) is 17.6. The van der Waals surface area contributed by atoms with Crippen LogP contribution in [0.25, 0.3) is 0 Å². The van der Waals surface area contributed by atoms with Crippen LogP contribution in [0.3, 0.4) is 0 Å². The molecule has 0 saturated carbocycles. The lowest BCUT2D eigenvalue weighted by Gasteiger charge is -2.31. The Balaban J connectivity index is 1.54. The van der Waals surface area contributed by atoms with Crippen molar-refractivity contribution in [3.05, 3.63) is 78.4 Å².